The number of hydrogen-bond donors (Lipinski definition) is 2. The van der Waals surface area contributed by atoms with Crippen LogP contribution in [0.15, 0.2) is 36.7 Å². The molecule has 2 heterocycles. The largest absolute Gasteiger partial charge is 0.310 e. The van der Waals surface area contributed by atoms with Crippen LogP contribution in [-0.4, -0.2) is 29.2 Å². The first kappa shape index (κ1) is 13.8. The summed E-state index contributed by atoms with van der Waals surface area (Å²) in [5, 5.41) is 10.1. The van der Waals surface area contributed by atoms with E-state index < -0.39 is 0 Å². The second-order valence-electron chi connectivity index (χ2n) is 5.26. The maximum atomic E-state index is 12.7. The Morgan fingerprint density at radius 1 is 1.48 bits per heavy atom. The molecular formula is C16H20N4O. The molecule has 0 fully saturated rings. The second kappa shape index (κ2) is 6.10. The van der Waals surface area contributed by atoms with E-state index in [0.717, 1.165) is 31.6 Å². The second-order valence-corrected chi connectivity index (χ2v) is 5.26. The van der Waals surface area contributed by atoms with Crippen molar-refractivity contribution in [3.8, 4) is 0 Å². The number of aromatic amines is 1. The molecule has 0 radical (unpaired) electrons. The highest BCUT2D eigenvalue weighted by atomic mass is 16.2. The minimum Gasteiger partial charge on any atom is -0.310 e. The molecule has 1 aliphatic rings. The first-order valence-electron chi connectivity index (χ1n) is 7.44. The quantitative estimate of drug-likeness (QED) is 0.910. The summed E-state index contributed by atoms with van der Waals surface area (Å²) in [6.45, 7) is 3.78. The Hall–Kier alpha value is -2.14. The van der Waals surface area contributed by atoms with Crippen molar-refractivity contribution in [2.24, 2.45) is 0 Å². The topological polar surface area (TPSA) is 61.0 Å². The van der Waals surface area contributed by atoms with E-state index in [0.29, 0.717) is 11.6 Å². The van der Waals surface area contributed by atoms with Crippen LogP contribution >= 0.6 is 0 Å². The molecule has 2 aromatic rings. The van der Waals surface area contributed by atoms with E-state index in [4.69, 9.17) is 0 Å². The molecule has 5 nitrogen and oxygen atoms in total. The van der Waals surface area contributed by atoms with Crippen LogP contribution in [0.5, 0.6) is 0 Å². The Kier molecular flexibility index (Phi) is 4.01. The van der Waals surface area contributed by atoms with E-state index in [-0.39, 0.29) is 5.91 Å². The number of carbonyl (C=O) groups is 1. The molecule has 21 heavy (non-hydrogen) atoms. The average molecular weight is 284 g/mol. The van der Waals surface area contributed by atoms with Crippen LogP contribution in [0.4, 0.5) is 5.69 Å². The number of amides is 1. The zero-order chi connectivity index (χ0) is 14.7. The molecule has 1 amide bonds. The monoisotopic (exact) mass is 284 g/mol. The smallest absolute Gasteiger partial charge is 0.261 e. The summed E-state index contributed by atoms with van der Waals surface area (Å²) in [4.78, 5) is 14.6. The van der Waals surface area contributed by atoms with Crippen molar-refractivity contribution in [1.29, 1.82) is 0 Å². The third kappa shape index (κ3) is 2.69. The minimum absolute atomic E-state index is 0.00773. The first-order chi connectivity index (χ1) is 10.3. The summed E-state index contributed by atoms with van der Waals surface area (Å²) >= 11 is 0. The van der Waals surface area contributed by atoms with Crippen LogP contribution in [0.2, 0.25) is 0 Å². The number of carbonyl (C=O) groups excluding carboxylic acids is 1. The van der Waals surface area contributed by atoms with Crippen molar-refractivity contribution in [1.82, 2.24) is 15.5 Å². The molecule has 1 aliphatic heterocycles. The van der Waals surface area contributed by atoms with Gasteiger partial charge in [-0.1, -0.05) is 25.1 Å². The van der Waals surface area contributed by atoms with Crippen molar-refractivity contribution in [2.75, 3.05) is 18.0 Å². The lowest BCUT2D eigenvalue weighted by Gasteiger charge is -2.23. The van der Waals surface area contributed by atoms with Gasteiger partial charge in [0.05, 0.1) is 11.8 Å². The molecule has 3 rings (SSSR count). The number of nitrogens with zero attached hydrogens (tertiary/aromatic N) is 2. The number of nitrogens with one attached hydrogen (secondary N) is 2. The number of fused-ring (bicyclic) bond motifs is 1. The van der Waals surface area contributed by atoms with E-state index in [1.807, 2.05) is 23.1 Å². The normalized spacial score (nSPS) is 18.1. The SMILES string of the molecule is CCNC1CCCN(C(=O)c2cn[nH]c2)c2ccccc21. The van der Waals surface area contributed by atoms with E-state index in [1.165, 1.54) is 5.56 Å². The fraction of sp³-hybridized carbons (Fsp3) is 0.375. The number of H-pyrrole nitrogens is 1. The number of benzene rings is 1. The lowest BCUT2D eigenvalue weighted by molar-refractivity contribution is 0.0987. The Bertz CT molecular complexity index is 608. The molecule has 0 bridgehead atoms. The highest BCUT2D eigenvalue weighted by Gasteiger charge is 2.26. The van der Waals surface area contributed by atoms with E-state index in [9.17, 15) is 4.79 Å². The number of hydrogen-bond acceptors (Lipinski definition) is 3. The van der Waals surface area contributed by atoms with Gasteiger partial charge in [-0.15, -0.1) is 0 Å². The summed E-state index contributed by atoms with van der Waals surface area (Å²) in [6.07, 6.45) is 5.26. The number of para-hydroxylation sites is 1. The Balaban J connectivity index is 1.98. The first-order valence-corrected chi connectivity index (χ1v) is 7.44. The van der Waals surface area contributed by atoms with Crippen molar-refractivity contribution in [3.05, 3.63) is 47.8 Å². The van der Waals surface area contributed by atoms with Gasteiger partial charge in [-0.2, -0.15) is 5.10 Å². The summed E-state index contributed by atoms with van der Waals surface area (Å²) < 4.78 is 0. The minimum atomic E-state index is 0.00773. The molecule has 0 saturated carbocycles. The highest BCUT2D eigenvalue weighted by molar-refractivity contribution is 6.06. The van der Waals surface area contributed by atoms with Gasteiger partial charge in [0, 0.05) is 24.5 Å². The molecule has 0 spiro atoms. The highest BCUT2D eigenvalue weighted by Crippen LogP contribution is 2.33. The average Bonchev–Trinajstić information content (AvgIpc) is 2.98. The predicted octanol–water partition coefficient (Wildman–Crippen LogP) is 2.50. The van der Waals surface area contributed by atoms with Gasteiger partial charge >= 0.3 is 0 Å². The fourth-order valence-corrected chi connectivity index (χ4v) is 2.95. The molecule has 1 unspecified atom stereocenters. The van der Waals surface area contributed by atoms with Gasteiger partial charge in [0.2, 0.25) is 0 Å². The van der Waals surface area contributed by atoms with Crippen LogP contribution in [-0.2, 0) is 0 Å². The molecule has 110 valence electrons. The van der Waals surface area contributed by atoms with Crippen molar-refractivity contribution in [3.63, 3.8) is 0 Å². The molecule has 0 saturated heterocycles. The number of anilines is 1. The van der Waals surface area contributed by atoms with Gasteiger partial charge in [-0.25, -0.2) is 0 Å². The molecule has 1 aromatic carbocycles. The van der Waals surface area contributed by atoms with Crippen molar-refractivity contribution < 1.29 is 4.79 Å². The Labute approximate surface area is 124 Å². The summed E-state index contributed by atoms with van der Waals surface area (Å²) in [6, 6.07) is 8.48. The van der Waals surface area contributed by atoms with Crippen LogP contribution in [0.25, 0.3) is 0 Å². The maximum Gasteiger partial charge on any atom is 0.261 e. The van der Waals surface area contributed by atoms with E-state index in [1.54, 1.807) is 12.4 Å². The molecule has 1 atom stereocenters. The Morgan fingerprint density at radius 3 is 3.10 bits per heavy atom. The van der Waals surface area contributed by atoms with Crippen LogP contribution < -0.4 is 10.2 Å². The lowest BCUT2D eigenvalue weighted by Crippen LogP contribution is -2.31. The summed E-state index contributed by atoms with van der Waals surface area (Å²) in [7, 11) is 0. The van der Waals surface area contributed by atoms with Gasteiger partial charge < -0.3 is 10.2 Å². The molecular weight excluding hydrogens is 264 g/mol. The zero-order valence-electron chi connectivity index (χ0n) is 12.2. The predicted molar refractivity (Wildman–Crippen MR) is 82.4 cm³/mol. The van der Waals surface area contributed by atoms with Gasteiger partial charge in [0.25, 0.3) is 5.91 Å². The zero-order valence-corrected chi connectivity index (χ0v) is 12.2. The number of aromatic nitrogens is 2. The Morgan fingerprint density at radius 2 is 2.33 bits per heavy atom. The molecule has 5 heteroatoms. The third-order valence-corrected chi connectivity index (χ3v) is 3.92. The van der Waals surface area contributed by atoms with Gasteiger partial charge in [-0.05, 0) is 31.0 Å². The van der Waals surface area contributed by atoms with Crippen LogP contribution in [0, 0.1) is 0 Å². The summed E-state index contributed by atoms with van der Waals surface area (Å²) in [5.41, 5.74) is 2.81. The molecule has 1 aromatic heterocycles. The summed E-state index contributed by atoms with van der Waals surface area (Å²) in [5.74, 6) is 0.00773. The van der Waals surface area contributed by atoms with Crippen molar-refractivity contribution >= 4 is 11.6 Å². The standard InChI is InChI=1S/C16H20N4O/c1-2-17-14-7-5-9-20(15-8-4-3-6-13(14)15)16(21)12-10-18-19-11-12/h3-4,6,8,10-11,14,17H,2,5,7,9H2,1H3,(H,18,19). The third-order valence-electron chi connectivity index (χ3n) is 3.92. The molecule has 0 aliphatic carbocycles. The lowest BCUT2D eigenvalue weighted by atomic mass is 10.0. The van der Waals surface area contributed by atoms with Gasteiger partial charge in [0.1, 0.15) is 0 Å². The van der Waals surface area contributed by atoms with Gasteiger partial charge in [0.15, 0.2) is 0 Å². The van der Waals surface area contributed by atoms with Gasteiger partial charge in [-0.3, -0.25) is 9.89 Å². The van der Waals surface area contributed by atoms with E-state index >= 15 is 0 Å². The molecule has 2 N–H and O–H groups in total. The number of rotatable bonds is 3. The van der Waals surface area contributed by atoms with Crippen LogP contribution in [0.1, 0.15) is 41.7 Å². The fourth-order valence-electron chi connectivity index (χ4n) is 2.95. The van der Waals surface area contributed by atoms with E-state index in [2.05, 4.69) is 28.5 Å². The van der Waals surface area contributed by atoms with Crippen LogP contribution in [0.3, 0.4) is 0 Å². The van der Waals surface area contributed by atoms with Crippen molar-refractivity contribution in [2.45, 2.75) is 25.8 Å². The maximum absolute atomic E-state index is 12.7.